The maximum Gasteiger partial charge on any atom is 0.220 e. The van der Waals surface area contributed by atoms with Crippen LogP contribution >= 0.6 is 0 Å². The van der Waals surface area contributed by atoms with Crippen molar-refractivity contribution in [3.8, 4) is 6.07 Å². The second-order valence-corrected chi connectivity index (χ2v) is 17.0. The van der Waals surface area contributed by atoms with E-state index in [0.717, 1.165) is 50.5 Å². The molecule has 5 nitrogen and oxygen atoms in total. The van der Waals surface area contributed by atoms with E-state index in [9.17, 15) is 19.6 Å². The molecular weight excluding hydrogens is 520 g/mol. The number of hydrogen-bond donors (Lipinski definition) is 1. The Morgan fingerprint density at radius 2 is 1.67 bits per heavy atom. The van der Waals surface area contributed by atoms with Crippen LogP contribution in [0.4, 0.5) is 0 Å². The molecule has 5 heteroatoms. The minimum Gasteiger partial charge on any atom is -0.354 e. The molecule has 0 aromatic heterocycles. The molecule has 3 saturated carbocycles. The molecule has 0 aromatic carbocycles. The lowest BCUT2D eigenvalue weighted by Crippen LogP contribution is -2.58. The Labute approximate surface area is 255 Å². The van der Waals surface area contributed by atoms with Gasteiger partial charge in [-0.2, -0.15) is 5.26 Å². The van der Waals surface area contributed by atoms with Crippen molar-refractivity contribution in [2.75, 3.05) is 0 Å². The highest BCUT2D eigenvalue weighted by Crippen LogP contribution is 2.71. The number of carbonyl (C=O) groups excluding carboxylic acids is 3. The zero-order valence-corrected chi connectivity index (χ0v) is 28.1. The van der Waals surface area contributed by atoms with Gasteiger partial charge in [0.1, 0.15) is 6.07 Å². The molecule has 0 saturated heterocycles. The lowest BCUT2D eigenvalue weighted by atomic mass is 9.38. The Balaban J connectivity index is 1.76. The molecule has 0 aromatic rings. The van der Waals surface area contributed by atoms with Crippen LogP contribution in [0.2, 0.25) is 0 Å². The Hall–Kier alpha value is -2.22. The lowest BCUT2D eigenvalue weighted by Gasteiger charge is -2.65. The highest BCUT2D eigenvalue weighted by molar-refractivity contribution is 6.04. The molecule has 4 aliphatic carbocycles. The minimum atomic E-state index is -0.668. The van der Waals surface area contributed by atoms with Crippen LogP contribution in [0.5, 0.6) is 0 Å². The fourth-order valence-corrected chi connectivity index (χ4v) is 10.3. The molecule has 0 radical (unpaired) electrons. The third-order valence-corrected chi connectivity index (χ3v) is 12.9. The standard InChI is InChI=1S/C37H56N2O3/c1-24(2)39-30(41)12-14-37-17-15-32(4,5)21-27(37)22-34(8,16-18-37)36(10)13-11-28-33(6,7)31(42)26(23-38)20-35(28,9)29(36)19-25(3)40/h19-20,24,27-28H,11-18,21-22H2,1-10H3,(H,39,41)/b29-19-/t27?,28-,34+,35-,36+,37+/m0/s1. The number of nitrogens with zero attached hydrogens (tertiary/aromatic N) is 1. The molecule has 0 aliphatic heterocycles. The number of rotatable bonds is 6. The van der Waals surface area contributed by atoms with Gasteiger partial charge in [0.05, 0.1) is 5.57 Å². The van der Waals surface area contributed by atoms with Gasteiger partial charge in [-0.3, -0.25) is 14.4 Å². The van der Waals surface area contributed by atoms with E-state index < -0.39 is 10.8 Å². The van der Waals surface area contributed by atoms with Gasteiger partial charge in [-0.25, -0.2) is 0 Å². The van der Waals surface area contributed by atoms with Crippen LogP contribution in [-0.2, 0) is 14.4 Å². The van der Waals surface area contributed by atoms with Gasteiger partial charge < -0.3 is 5.32 Å². The van der Waals surface area contributed by atoms with Crippen LogP contribution in [0.15, 0.2) is 23.3 Å². The monoisotopic (exact) mass is 576 g/mol. The second-order valence-electron chi connectivity index (χ2n) is 17.0. The lowest BCUT2D eigenvalue weighted by molar-refractivity contribution is -0.135. The topological polar surface area (TPSA) is 87.0 Å². The largest absolute Gasteiger partial charge is 0.354 e. The van der Waals surface area contributed by atoms with Gasteiger partial charge in [0.15, 0.2) is 11.6 Å². The zero-order valence-electron chi connectivity index (χ0n) is 28.1. The van der Waals surface area contributed by atoms with E-state index in [1.165, 1.54) is 12.8 Å². The summed E-state index contributed by atoms with van der Waals surface area (Å²) in [5.41, 5.74) is 0.299. The molecule has 232 valence electrons. The van der Waals surface area contributed by atoms with Crippen LogP contribution in [0.25, 0.3) is 0 Å². The highest BCUT2D eigenvalue weighted by Gasteiger charge is 2.64. The number of fused-ring (bicyclic) bond motifs is 2. The highest BCUT2D eigenvalue weighted by atomic mass is 16.1. The van der Waals surface area contributed by atoms with E-state index >= 15 is 0 Å². The summed E-state index contributed by atoms with van der Waals surface area (Å²) in [6.45, 7) is 21.5. The van der Waals surface area contributed by atoms with E-state index in [2.05, 4.69) is 46.0 Å². The zero-order chi connectivity index (χ0) is 31.5. The van der Waals surface area contributed by atoms with Gasteiger partial charge in [0, 0.05) is 23.3 Å². The van der Waals surface area contributed by atoms with Gasteiger partial charge in [0.2, 0.25) is 5.91 Å². The van der Waals surface area contributed by atoms with Crippen LogP contribution in [0.1, 0.15) is 133 Å². The number of amides is 1. The summed E-state index contributed by atoms with van der Waals surface area (Å²) < 4.78 is 0. The number of ketones is 2. The summed E-state index contributed by atoms with van der Waals surface area (Å²) in [6, 6.07) is 2.37. The molecule has 0 heterocycles. The molecule has 42 heavy (non-hydrogen) atoms. The van der Waals surface area contributed by atoms with E-state index in [4.69, 9.17) is 0 Å². The summed E-state index contributed by atoms with van der Waals surface area (Å²) in [6.07, 6.45) is 13.9. The van der Waals surface area contributed by atoms with Crippen molar-refractivity contribution in [2.45, 2.75) is 139 Å². The average Bonchev–Trinajstić information content (AvgIpc) is 2.87. The third kappa shape index (κ3) is 5.35. The Kier molecular flexibility index (Phi) is 8.36. The van der Waals surface area contributed by atoms with Gasteiger partial charge >= 0.3 is 0 Å². The van der Waals surface area contributed by atoms with E-state index in [-0.39, 0.29) is 56.7 Å². The van der Waals surface area contributed by atoms with Gasteiger partial charge in [0.25, 0.3) is 0 Å². The fourth-order valence-electron chi connectivity index (χ4n) is 10.3. The smallest absolute Gasteiger partial charge is 0.220 e. The molecule has 1 N–H and O–H groups in total. The molecule has 1 amide bonds. The summed E-state index contributed by atoms with van der Waals surface area (Å²) in [4.78, 5) is 39.0. The maximum absolute atomic E-state index is 13.3. The first-order valence-corrected chi connectivity index (χ1v) is 16.5. The van der Waals surface area contributed by atoms with Crippen molar-refractivity contribution in [3.63, 3.8) is 0 Å². The SMILES string of the molecule is CC(=O)/C=C1/[C@@]2(C)C=C(C#N)C(=O)C(C)(C)[C@@H]2CC[C@@]1(C)[C@]1(C)CC[C@@]2(CCC(=O)NC(C)C)CCC(C)(C)CC2C1. The van der Waals surface area contributed by atoms with Crippen LogP contribution in [0, 0.1) is 55.7 Å². The van der Waals surface area contributed by atoms with E-state index in [0.29, 0.717) is 12.3 Å². The average molecular weight is 577 g/mol. The second kappa shape index (κ2) is 10.7. The first kappa shape index (κ1) is 32.7. The number of carbonyl (C=O) groups is 3. The summed E-state index contributed by atoms with van der Waals surface area (Å²) in [5.74, 6) is 0.673. The van der Waals surface area contributed by atoms with Crippen molar-refractivity contribution < 1.29 is 14.4 Å². The van der Waals surface area contributed by atoms with Crippen molar-refractivity contribution in [2.24, 2.45) is 44.3 Å². The Morgan fingerprint density at radius 3 is 2.26 bits per heavy atom. The molecule has 6 atom stereocenters. The molecule has 0 spiro atoms. The first-order chi connectivity index (χ1) is 19.3. The van der Waals surface area contributed by atoms with Crippen LogP contribution in [0.3, 0.4) is 0 Å². The maximum atomic E-state index is 13.3. The number of hydrogen-bond acceptors (Lipinski definition) is 4. The van der Waals surface area contributed by atoms with Gasteiger partial charge in [-0.05, 0) is 118 Å². The molecule has 3 fully saturated rings. The van der Waals surface area contributed by atoms with Crippen molar-refractivity contribution in [1.82, 2.24) is 5.32 Å². The third-order valence-electron chi connectivity index (χ3n) is 12.9. The number of nitrogens with one attached hydrogen (secondary N) is 1. The molecule has 1 unspecified atom stereocenters. The molecule has 4 aliphatic rings. The predicted octanol–water partition coefficient (Wildman–Crippen LogP) is 8.29. The quantitative estimate of drug-likeness (QED) is 0.322. The summed E-state index contributed by atoms with van der Waals surface area (Å²) >= 11 is 0. The molecular formula is C37H56N2O3. The number of nitriles is 1. The number of Topliss-reactive ketones (excluding diaryl/α,β-unsaturated/α-hetero) is 1. The van der Waals surface area contributed by atoms with Gasteiger partial charge in [-0.15, -0.1) is 0 Å². The Bertz CT molecular complexity index is 1250. The molecule has 0 bridgehead atoms. The minimum absolute atomic E-state index is 0.0310. The van der Waals surface area contributed by atoms with Crippen molar-refractivity contribution in [1.29, 1.82) is 5.26 Å². The van der Waals surface area contributed by atoms with E-state index in [1.807, 2.05) is 39.8 Å². The van der Waals surface area contributed by atoms with Crippen molar-refractivity contribution >= 4 is 17.5 Å². The summed E-state index contributed by atoms with van der Waals surface area (Å²) in [7, 11) is 0. The first-order valence-electron chi connectivity index (χ1n) is 16.5. The summed E-state index contributed by atoms with van der Waals surface area (Å²) in [5, 5.41) is 13.1. The van der Waals surface area contributed by atoms with Crippen LogP contribution in [-0.4, -0.2) is 23.5 Å². The molecule has 4 rings (SSSR count). The van der Waals surface area contributed by atoms with Crippen molar-refractivity contribution in [3.05, 3.63) is 23.3 Å². The number of allylic oxidation sites excluding steroid dienone is 4. The van der Waals surface area contributed by atoms with Crippen LogP contribution < -0.4 is 5.32 Å². The van der Waals surface area contributed by atoms with E-state index in [1.54, 1.807) is 6.92 Å². The Morgan fingerprint density at radius 1 is 1.02 bits per heavy atom. The fraction of sp³-hybridized carbons (Fsp3) is 0.784. The normalized spacial score (nSPS) is 40.0. The predicted molar refractivity (Wildman–Crippen MR) is 168 cm³/mol. The van der Waals surface area contributed by atoms with Gasteiger partial charge in [-0.1, -0.05) is 60.1 Å².